The molecule has 1 N–H and O–H groups in total. The fourth-order valence-corrected chi connectivity index (χ4v) is 3.57. The highest BCUT2D eigenvalue weighted by molar-refractivity contribution is 5.85. The number of ether oxygens (including phenoxy) is 2. The number of aromatic nitrogens is 3. The second-order valence-electron chi connectivity index (χ2n) is 6.76. The summed E-state index contributed by atoms with van der Waals surface area (Å²) in [5, 5.41) is 7.44. The van der Waals surface area contributed by atoms with Crippen molar-refractivity contribution in [3.8, 4) is 34.3 Å². The van der Waals surface area contributed by atoms with Crippen LogP contribution in [0.25, 0.3) is 22.8 Å². The maximum absolute atomic E-state index is 5.44. The Labute approximate surface area is 163 Å². The van der Waals surface area contributed by atoms with Gasteiger partial charge in [-0.05, 0) is 55.8 Å². The highest BCUT2D eigenvalue weighted by Gasteiger charge is 2.16. The fraction of sp³-hybridized carbons (Fsp3) is 0.300. The van der Waals surface area contributed by atoms with Crippen LogP contribution in [0.15, 0.2) is 42.5 Å². The molecule has 1 saturated heterocycles. The number of aromatic amines is 1. The van der Waals surface area contributed by atoms with Crippen LogP contribution in [-0.2, 0) is 6.54 Å². The molecule has 2 aliphatic rings. The summed E-state index contributed by atoms with van der Waals surface area (Å²) in [5.41, 5.74) is 3.27. The van der Waals surface area contributed by atoms with Crippen LogP contribution >= 0.6 is 12.4 Å². The van der Waals surface area contributed by atoms with Gasteiger partial charge in [-0.1, -0.05) is 18.2 Å². The van der Waals surface area contributed by atoms with E-state index in [0.29, 0.717) is 5.82 Å². The first-order chi connectivity index (χ1) is 12.8. The van der Waals surface area contributed by atoms with Crippen molar-refractivity contribution in [3.63, 3.8) is 0 Å². The summed E-state index contributed by atoms with van der Waals surface area (Å²) in [6.45, 7) is 3.65. The molecule has 27 heavy (non-hydrogen) atoms. The second-order valence-corrected chi connectivity index (χ2v) is 6.76. The molecule has 7 heteroatoms. The van der Waals surface area contributed by atoms with Crippen molar-refractivity contribution in [1.29, 1.82) is 0 Å². The van der Waals surface area contributed by atoms with E-state index in [9.17, 15) is 0 Å². The monoisotopic (exact) mass is 384 g/mol. The maximum Gasteiger partial charge on any atom is 0.231 e. The number of nitrogens with zero attached hydrogens (tertiary/aromatic N) is 3. The van der Waals surface area contributed by atoms with Gasteiger partial charge in [0, 0.05) is 17.7 Å². The van der Waals surface area contributed by atoms with Crippen molar-refractivity contribution < 1.29 is 9.47 Å². The van der Waals surface area contributed by atoms with Crippen LogP contribution in [0.4, 0.5) is 0 Å². The van der Waals surface area contributed by atoms with Crippen LogP contribution in [0.1, 0.15) is 18.4 Å². The van der Waals surface area contributed by atoms with Gasteiger partial charge in [0.1, 0.15) is 0 Å². The summed E-state index contributed by atoms with van der Waals surface area (Å²) < 4.78 is 10.8. The third-order valence-electron chi connectivity index (χ3n) is 4.92. The number of fused-ring (bicyclic) bond motifs is 1. The Bertz CT molecular complexity index is 937. The zero-order valence-electron chi connectivity index (χ0n) is 14.9. The maximum atomic E-state index is 5.44. The number of rotatable bonds is 4. The molecule has 3 heterocycles. The highest BCUT2D eigenvalue weighted by Crippen LogP contribution is 2.35. The van der Waals surface area contributed by atoms with Gasteiger partial charge in [-0.2, -0.15) is 5.10 Å². The predicted molar refractivity (Wildman–Crippen MR) is 105 cm³/mol. The first-order valence-electron chi connectivity index (χ1n) is 8.99. The molecule has 2 aromatic carbocycles. The summed E-state index contributed by atoms with van der Waals surface area (Å²) in [5.74, 6) is 2.94. The normalized spacial score (nSPS) is 15.7. The molecule has 0 unspecified atom stereocenters. The first-order valence-corrected chi connectivity index (χ1v) is 8.99. The number of likely N-dealkylation sites (tertiary alicyclic amines) is 1. The zero-order valence-corrected chi connectivity index (χ0v) is 15.7. The van der Waals surface area contributed by atoms with Crippen LogP contribution in [0.3, 0.4) is 0 Å². The van der Waals surface area contributed by atoms with Gasteiger partial charge in [-0.25, -0.2) is 4.98 Å². The smallest absolute Gasteiger partial charge is 0.231 e. The molecule has 0 aliphatic carbocycles. The molecule has 0 saturated carbocycles. The van der Waals surface area contributed by atoms with Crippen molar-refractivity contribution in [3.05, 3.63) is 48.0 Å². The summed E-state index contributed by atoms with van der Waals surface area (Å²) in [6.07, 6.45) is 2.61. The number of hydrogen-bond acceptors (Lipinski definition) is 5. The number of benzene rings is 2. The first kappa shape index (κ1) is 17.8. The lowest BCUT2D eigenvalue weighted by Crippen LogP contribution is -2.18. The third-order valence-corrected chi connectivity index (χ3v) is 4.92. The standard InChI is InChI=1S/C20H20N4O2.ClH/c1-2-9-24(8-1)12-14-4-3-5-15(10-14)19-21-20(23-22-19)16-6-7-17-18(11-16)26-13-25-17;/h3-7,10-11H,1-2,8-9,12-13H2,(H,21,22,23);1H. The Morgan fingerprint density at radius 1 is 0.963 bits per heavy atom. The molecule has 0 atom stereocenters. The Hall–Kier alpha value is -2.57. The summed E-state index contributed by atoms with van der Waals surface area (Å²) in [7, 11) is 0. The minimum atomic E-state index is 0. The molecule has 0 amide bonds. The molecule has 140 valence electrons. The van der Waals surface area contributed by atoms with Crippen LogP contribution in [0.5, 0.6) is 11.5 Å². The average molecular weight is 385 g/mol. The van der Waals surface area contributed by atoms with Gasteiger partial charge in [-0.3, -0.25) is 10.00 Å². The second kappa shape index (κ2) is 7.58. The van der Waals surface area contributed by atoms with Crippen molar-refractivity contribution in [2.24, 2.45) is 0 Å². The lowest BCUT2D eigenvalue weighted by Gasteiger charge is -2.14. The Balaban J connectivity index is 0.00000180. The molecule has 2 aliphatic heterocycles. The summed E-state index contributed by atoms with van der Waals surface area (Å²) in [6, 6.07) is 14.3. The Kier molecular flexibility index (Phi) is 5.01. The lowest BCUT2D eigenvalue weighted by molar-refractivity contribution is 0.174. The predicted octanol–water partition coefficient (Wildman–Crippen LogP) is 3.89. The van der Waals surface area contributed by atoms with E-state index in [1.54, 1.807) is 0 Å². The van der Waals surface area contributed by atoms with Crippen molar-refractivity contribution >= 4 is 12.4 Å². The quantitative estimate of drug-likeness (QED) is 0.739. The van der Waals surface area contributed by atoms with E-state index in [-0.39, 0.29) is 19.2 Å². The van der Waals surface area contributed by atoms with E-state index in [1.807, 2.05) is 18.2 Å². The van der Waals surface area contributed by atoms with Crippen LogP contribution in [-0.4, -0.2) is 40.0 Å². The molecule has 6 nitrogen and oxygen atoms in total. The molecule has 0 radical (unpaired) electrons. The summed E-state index contributed by atoms with van der Waals surface area (Å²) in [4.78, 5) is 7.17. The van der Waals surface area contributed by atoms with E-state index in [4.69, 9.17) is 9.47 Å². The molecule has 3 aromatic rings. The van der Waals surface area contributed by atoms with Gasteiger partial charge in [0.05, 0.1) is 0 Å². The van der Waals surface area contributed by atoms with Crippen LogP contribution < -0.4 is 9.47 Å². The van der Waals surface area contributed by atoms with Gasteiger partial charge in [-0.15, -0.1) is 12.4 Å². The molecule has 0 bridgehead atoms. The topological polar surface area (TPSA) is 63.3 Å². The molecule has 0 spiro atoms. The minimum absolute atomic E-state index is 0. The van der Waals surface area contributed by atoms with Crippen molar-refractivity contribution in [2.75, 3.05) is 19.9 Å². The third kappa shape index (κ3) is 3.63. The number of hydrogen-bond donors (Lipinski definition) is 1. The van der Waals surface area contributed by atoms with E-state index in [2.05, 4.69) is 44.3 Å². The highest BCUT2D eigenvalue weighted by atomic mass is 35.5. The van der Waals surface area contributed by atoms with Crippen LogP contribution in [0.2, 0.25) is 0 Å². The van der Waals surface area contributed by atoms with Crippen LogP contribution in [0, 0.1) is 0 Å². The van der Waals surface area contributed by atoms with E-state index in [0.717, 1.165) is 35.0 Å². The van der Waals surface area contributed by atoms with Gasteiger partial charge < -0.3 is 9.47 Å². The van der Waals surface area contributed by atoms with E-state index < -0.39 is 0 Å². The zero-order chi connectivity index (χ0) is 17.3. The largest absolute Gasteiger partial charge is 0.454 e. The average Bonchev–Trinajstić information content (AvgIpc) is 3.42. The Morgan fingerprint density at radius 3 is 2.70 bits per heavy atom. The summed E-state index contributed by atoms with van der Waals surface area (Å²) >= 11 is 0. The molecule has 1 fully saturated rings. The van der Waals surface area contributed by atoms with Gasteiger partial charge in [0.2, 0.25) is 6.79 Å². The van der Waals surface area contributed by atoms with Gasteiger partial charge >= 0.3 is 0 Å². The number of halogens is 1. The van der Waals surface area contributed by atoms with Crippen molar-refractivity contribution in [1.82, 2.24) is 20.1 Å². The lowest BCUT2D eigenvalue weighted by atomic mass is 10.1. The Morgan fingerprint density at radius 2 is 1.81 bits per heavy atom. The number of H-pyrrole nitrogens is 1. The van der Waals surface area contributed by atoms with E-state index in [1.165, 1.54) is 31.5 Å². The van der Waals surface area contributed by atoms with Gasteiger partial charge in [0.25, 0.3) is 0 Å². The SMILES string of the molecule is Cl.c1cc(CN2CCCC2)cc(-c2n[nH]c(-c3ccc4c(c3)OCO4)n2)c1. The minimum Gasteiger partial charge on any atom is -0.454 e. The molecular weight excluding hydrogens is 364 g/mol. The molecule has 5 rings (SSSR count). The number of nitrogens with one attached hydrogen (secondary N) is 1. The molecule has 1 aromatic heterocycles. The fourth-order valence-electron chi connectivity index (χ4n) is 3.57. The van der Waals surface area contributed by atoms with Gasteiger partial charge in [0.15, 0.2) is 23.1 Å². The molecular formula is C20H21ClN4O2. The van der Waals surface area contributed by atoms with Crippen molar-refractivity contribution in [2.45, 2.75) is 19.4 Å². The van der Waals surface area contributed by atoms with E-state index >= 15 is 0 Å².